The number of hydrogen-bond donors (Lipinski definition) is 1. The number of ether oxygens (including phenoxy) is 1. The van der Waals surface area contributed by atoms with E-state index in [2.05, 4.69) is 4.74 Å². The van der Waals surface area contributed by atoms with E-state index in [0.717, 1.165) is 6.07 Å². The molecule has 0 saturated carbocycles. The summed E-state index contributed by atoms with van der Waals surface area (Å²) in [5.41, 5.74) is 0.580. The number of nitro groups is 1. The molecule has 0 heterocycles. The molecule has 0 aliphatic heterocycles. The summed E-state index contributed by atoms with van der Waals surface area (Å²) < 4.78 is 30.7. The Labute approximate surface area is 122 Å². The molecule has 0 saturated heterocycles. The van der Waals surface area contributed by atoms with Crippen molar-refractivity contribution in [1.82, 2.24) is 4.72 Å². The van der Waals surface area contributed by atoms with Gasteiger partial charge in [-0.25, -0.2) is 8.42 Å². The van der Waals surface area contributed by atoms with Crippen LogP contribution in [0.3, 0.4) is 0 Å². The number of nitrogens with one attached hydrogen (secondary N) is 1. The first-order valence-electron chi connectivity index (χ1n) is 6.10. The molecule has 116 valence electrons. The van der Waals surface area contributed by atoms with Gasteiger partial charge in [0.15, 0.2) is 0 Å². The molecule has 0 aliphatic rings. The molecule has 1 aromatic carbocycles. The molecule has 0 atom stereocenters. The summed E-state index contributed by atoms with van der Waals surface area (Å²) >= 11 is 0. The molecule has 1 N–H and O–H groups in total. The second-order valence-corrected chi connectivity index (χ2v) is 6.04. The Morgan fingerprint density at radius 2 is 2.00 bits per heavy atom. The summed E-state index contributed by atoms with van der Waals surface area (Å²) in [5, 5.41) is 10.9. The second kappa shape index (κ2) is 6.64. The largest absolute Gasteiger partial charge is 0.465 e. The van der Waals surface area contributed by atoms with E-state index in [4.69, 9.17) is 0 Å². The average Bonchev–Trinajstić information content (AvgIpc) is 2.39. The maximum atomic E-state index is 12.0. The van der Waals surface area contributed by atoms with Gasteiger partial charge in [-0.3, -0.25) is 14.9 Å². The fourth-order valence-corrected chi connectivity index (χ4v) is 2.68. The van der Waals surface area contributed by atoms with Gasteiger partial charge in [0, 0.05) is 11.6 Å². The van der Waals surface area contributed by atoms with E-state index in [9.17, 15) is 23.3 Å². The van der Waals surface area contributed by atoms with Gasteiger partial charge in [-0.05, 0) is 32.4 Å². The van der Waals surface area contributed by atoms with Crippen molar-refractivity contribution >= 4 is 21.7 Å². The highest BCUT2D eigenvalue weighted by atomic mass is 32.2. The van der Waals surface area contributed by atoms with Crippen LogP contribution in [0, 0.1) is 24.0 Å². The zero-order valence-corrected chi connectivity index (χ0v) is 12.7. The Morgan fingerprint density at radius 1 is 1.38 bits per heavy atom. The zero-order chi connectivity index (χ0) is 16.2. The van der Waals surface area contributed by atoms with Gasteiger partial charge < -0.3 is 4.74 Å². The Morgan fingerprint density at radius 3 is 2.52 bits per heavy atom. The van der Waals surface area contributed by atoms with Crippen molar-refractivity contribution in [3.8, 4) is 0 Å². The predicted octanol–water partition coefficient (Wildman–Crippen LogP) is 1.05. The van der Waals surface area contributed by atoms with Crippen molar-refractivity contribution in [2.75, 3.05) is 13.2 Å². The number of aryl methyl sites for hydroxylation is 1. The van der Waals surface area contributed by atoms with Crippen LogP contribution in [0.4, 0.5) is 5.69 Å². The summed E-state index contributed by atoms with van der Waals surface area (Å²) in [7, 11) is -4.02. The third-order valence-electron chi connectivity index (χ3n) is 2.83. The first-order chi connectivity index (χ1) is 9.69. The first-order valence-corrected chi connectivity index (χ1v) is 7.58. The summed E-state index contributed by atoms with van der Waals surface area (Å²) in [6.45, 7) is 4.31. The number of carbonyl (C=O) groups excluding carboxylic acids is 1. The van der Waals surface area contributed by atoms with Gasteiger partial charge in [-0.15, -0.1) is 0 Å². The molecule has 0 fully saturated rings. The Hall–Kier alpha value is -2.00. The monoisotopic (exact) mass is 316 g/mol. The predicted molar refractivity (Wildman–Crippen MR) is 74.4 cm³/mol. The summed E-state index contributed by atoms with van der Waals surface area (Å²) in [4.78, 5) is 21.2. The third kappa shape index (κ3) is 4.23. The molecule has 0 aliphatic carbocycles. The molecule has 0 radical (unpaired) electrons. The van der Waals surface area contributed by atoms with Crippen LogP contribution in [0.25, 0.3) is 0 Å². The normalized spacial score (nSPS) is 11.2. The Kier molecular flexibility index (Phi) is 5.39. The second-order valence-electron chi connectivity index (χ2n) is 4.27. The van der Waals surface area contributed by atoms with Crippen LogP contribution in [-0.4, -0.2) is 32.5 Å². The zero-order valence-electron chi connectivity index (χ0n) is 11.9. The lowest BCUT2D eigenvalue weighted by Crippen LogP contribution is -2.30. The molecule has 8 nitrogen and oxygen atoms in total. The lowest BCUT2D eigenvalue weighted by Gasteiger charge is -2.09. The highest BCUT2D eigenvalue weighted by Gasteiger charge is 2.22. The fourth-order valence-electron chi connectivity index (χ4n) is 1.60. The molecule has 0 bridgehead atoms. The van der Waals surface area contributed by atoms with Crippen LogP contribution in [0.5, 0.6) is 0 Å². The van der Waals surface area contributed by atoms with Gasteiger partial charge >= 0.3 is 5.97 Å². The number of hydrogen-bond acceptors (Lipinski definition) is 6. The van der Waals surface area contributed by atoms with Crippen molar-refractivity contribution in [2.24, 2.45) is 0 Å². The van der Waals surface area contributed by atoms with Crippen LogP contribution < -0.4 is 4.72 Å². The molecule has 9 heteroatoms. The van der Waals surface area contributed by atoms with E-state index in [1.165, 1.54) is 13.0 Å². The molecule has 1 aromatic rings. The lowest BCUT2D eigenvalue weighted by atomic mass is 10.1. The van der Waals surface area contributed by atoms with E-state index >= 15 is 0 Å². The minimum atomic E-state index is -4.02. The van der Waals surface area contributed by atoms with Crippen LogP contribution >= 0.6 is 0 Å². The summed E-state index contributed by atoms with van der Waals surface area (Å²) in [6.07, 6.45) is 0. The standard InChI is InChI=1S/C12H16N2O6S/c1-4-20-12(15)7-13-21(18,19)10-5-8(2)9(3)11(6-10)14(16)17/h5-6,13H,4,7H2,1-3H3. The quantitative estimate of drug-likeness (QED) is 0.476. The van der Waals surface area contributed by atoms with Gasteiger partial charge in [0.2, 0.25) is 10.0 Å². The van der Waals surface area contributed by atoms with Crippen LogP contribution in [0.15, 0.2) is 17.0 Å². The maximum absolute atomic E-state index is 12.0. The smallest absolute Gasteiger partial charge is 0.321 e. The van der Waals surface area contributed by atoms with Gasteiger partial charge in [0.05, 0.1) is 16.4 Å². The van der Waals surface area contributed by atoms with E-state index in [0.29, 0.717) is 11.1 Å². The molecule has 0 amide bonds. The molecule has 0 unspecified atom stereocenters. The number of rotatable bonds is 6. The van der Waals surface area contributed by atoms with Crippen molar-refractivity contribution in [3.05, 3.63) is 33.4 Å². The third-order valence-corrected chi connectivity index (χ3v) is 4.21. The van der Waals surface area contributed by atoms with Crippen molar-refractivity contribution in [3.63, 3.8) is 0 Å². The van der Waals surface area contributed by atoms with Gasteiger partial charge in [0.1, 0.15) is 6.54 Å². The molecule has 21 heavy (non-hydrogen) atoms. The van der Waals surface area contributed by atoms with Crippen molar-refractivity contribution in [2.45, 2.75) is 25.7 Å². The summed E-state index contributed by atoms with van der Waals surface area (Å²) in [5.74, 6) is -0.723. The van der Waals surface area contributed by atoms with Crippen molar-refractivity contribution in [1.29, 1.82) is 0 Å². The minimum Gasteiger partial charge on any atom is -0.465 e. The van der Waals surface area contributed by atoms with Crippen molar-refractivity contribution < 1.29 is 22.9 Å². The SMILES string of the molecule is CCOC(=O)CNS(=O)(=O)c1cc(C)c(C)c([N+](=O)[O-])c1. The van der Waals surface area contributed by atoms with E-state index in [-0.39, 0.29) is 17.2 Å². The Bertz CT molecular complexity index is 669. The van der Waals surface area contributed by atoms with Gasteiger partial charge in [-0.1, -0.05) is 0 Å². The topological polar surface area (TPSA) is 116 Å². The Balaban J connectivity index is 3.09. The molecule has 1 rings (SSSR count). The lowest BCUT2D eigenvalue weighted by molar-refractivity contribution is -0.385. The number of carbonyl (C=O) groups is 1. The van der Waals surface area contributed by atoms with E-state index in [1.54, 1.807) is 13.8 Å². The molecule has 0 spiro atoms. The van der Waals surface area contributed by atoms with Gasteiger partial charge in [-0.2, -0.15) is 4.72 Å². The van der Waals surface area contributed by atoms with Crippen LogP contribution in [0.1, 0.15) is 18.1 Å². The first kappa shape index (κ1) is 17.1. The highest BCUT2D eigenvalue weighted by molar-refractivity contribution is 7.89. The fraction of sp³-hybridized carbons (Fsp3) is 0.417. The maximum Gasteiger partial charge on any atom is 0.321 e. The number of nitro benzene ring substituents is 1. The van der Waals surface area contributed by atoms with E-state index < -0.39 is 27.5 Å². The molecular formula is C12H16N2O6S. The van der Waals surface area contributed by atoms with E-state index in [1.807, 2.05) is 4.72 Å². The number of esters is 1. The van der Waals surface area contributed by atoms with Crippen LogP contribution in [-0.2, 0) is 19.6 Å². The number of nitrogens with zero attached hydrogens (tertiary/aromatic N) is 1. The molecular weight excluding hydrogens is 300 g/mol. The average molecular weight is 316 g/mol. The van der Waals surface area contributed by atoms with Gasteiger partial charge in [0.25, 0.3) is 5.69 Å². The number of benzene rings is 1. The van der Waals surface area contributed by atoms with Crippen LogP contribution in [0.2, 0.25) is 0 Å². The number of sulfonamides is 1. The summed E-state index contributed by atoms with van der Waals surface area (Å²) in [6, 6.07) is 2.28. The minimum absolute atomic E-state index is 0.135. The molecule has 0 aromatic heterocycles. The highest BCUT2D eigenvalue weighted by Crippen LogP contribution is 2.25.